The van der Waals surface area contributed by atoms with E-state index in [1.165, 1.54) is 5.56 Å². The number of hydrogen-bond donors (Lipinski definition) is 0. The molecule has 1 heterocycles. The van der Waals surface area contributed by atoms with Crippen LogP contribution in [0.15, 0.2) is 48.7 Å². The van der Waals surface area contributed by atoms with Gasteiger partial charge in [-0.1, -0.05) is 29.5 Å². The number of ether oxygens (including phenoxy) is 2. The standard InChI is InChI=1S/C17H17N3O2/c1-12-6-4-5-7-14(12)15-11-20(19-18-15)13-8-9-16(21-2)17(10-13)22-3/h4-11H,1-3H3. The maximum Gasteiger partial charge on any atom is 0.162 e. The third-order valence-electron chi connectivity index (χ3n) is 3.55. The Hall–Kier alpha value is -2.82. The Bertz CT molecular complexity index is 796. The second-order valence-corrected chi connectivity index (χ2v) is 4.90. The van der Waals surface area contributed by atoms with Crippen LogP contribution >= 0.6 is 0 Å². The third-order valence-corrected chi connectivity index (χ3v) is 3.55. The van der Waals surface area contributed by atoms with Crippen LogP contribution in [0.5, 0.6) is 11.5 Å². The molecule has 22 heavy (non-hydrogen) atoms. The van der Waals surface area contributed by atoms with E-state index in [2.05, 4.69) is 23.3 Å². The number of benzene rings is 2. The van der Waals surface area contributed by atoms with Gasteiger partial charge in [-0.2, -0.15) is 0 Å². The highest BCUT2D eigenvalue weighted by atomic mass is 16.5. The fraction of sp³-hybridized carbons (Fsp3) is 0.176. The molecular weight excluding hydrogens is 278 g/mol. The smallest absolute Gasteiger partial charge is 0.162 e. The molecule has 0 saturated carbocycles. The summed E-state index contributed by atoms with van der Waals surface area (Å²) in [5, 5.41) is 8.47. The minimum Gasteiger partial charge on any atom is -0.493 e. The van der Waals surface area contributed by atoms with Gasteiger partial charge in [0.2, 0.25) is 0 Å². The highest BCUT2D eigenvalue weighted by Gasteiger charge is 2.10. The fourth-order valence-corrected chi connectivity index (χ4v) is 2.34. The van der Waals surface area contributed by atoms with Crippen LogP contribution in [0.1, 0.15) is 5.56 Å². The summed E-state index contributed by atoms with van der Waals surface area (Å²) in [5.74, 6) is 1.35. The lowest BCUT2D eigenvalue weighted by Gasteiger charge is -2.09. The Morgan fingerprint density at radius 3 is 2.45 bits per heavy atom. The van der Waals surface area contributed by atoms with Crippen LogP contribution in [0.2, 0.25) is 0 Å². The molecule has 0 atom stereocenters. The van der Waals surface area contributed by atoms with Crippen molar-refractivity contribution < 1.29 is 9.47 Å². The minimum absolute atomic E-state index is 0.660. The average molecular weight is 295 g/mol. The van der Waals surface area contributed by atoms with Crippen molar-refractivity contribution >= 4 is 0 Å². The Morgan fingerprint density at radius 2 is 1.73 bits per heavy atom. The van der Waals surface area contributed by atoms with Gasteiger partial charge in [-0.05, 0) is 24.6 Å². The lowest BCUT2D eigenvalue weighted by atomic mass is 10.1. The molecule has 5 heteroatoms. The maximum atomic E-state index is 5.32. The molecule has 0 aliphatic rings. The van der Waals surface area contributed by atoms with Crippen molar-refractivity contribution in [3.63, 3.8) is 0 Å². The number of nitrogens with zero attached hydrogens (tertiary/aromatic N) is 3. The zero-order valence-corrected chi connectivity index (χ0v) is 12.8. The van der Waals surface area contributed by atoms with Crippen LogP contribution in [0, 0.1) is 6.92 Å². The van der Waals surface area contributed by atoms with Gasteiger partial charge < -0.3 is 9.47 Å². The van der Waals surface area contributed by atoms with Gasteiger partial charge in [0.1, 0.15) is 5.69 Å². The van der Waals surface area contributed by atoms with Crippen LogP contribution in [-0.4, -0.2) is 29.2 Å². The van der Waals surface area contributed by atoms with Crippen LogP contribution in [-0.2, 0) is 0 Å². The molecular formula is C17H17N3O2. The Morgan fingerprint density at radius 1 is 0.955 bits per heavy atom. The first-order valence-corrected chi connectivity index (χ1v) is 6.93. The summed E-state index contributed by atoms with van der Waals surface area (Å²) in [6, 6.07) is 13.7. The topological polar surface area (TPSA) is 49.2 Å². The molecule has 5 nitrogen and oxygen atoms in total. The molecule has 0 bridgehead atoms. The van der Waals surface area contributed by atoms with E-state index in [0.717, 1.165) is 16.9 Å². The third kappa shape index (κ3) is 2.53. The van der Waals surface area contributed by atoms with Crippen molar-refractivity contribution in [3.05, 3.63) is 54.2 Å². The predicted molar refractivity (Wildman–Crippen MR) is 84.6 cm³/mol. The van der Waals surface area contributed by atoms with Crippen molar-refractivity contribution in [1.82, 2.24) is 15.0 Å². The quantitative estimate of drug-likeness (QED) is 0.741. The van der Waals surface area contributed by atoms with Crippen LogP contribution < -0.4 is 9.47 Å². The SMILES string of the molecule is COc1ccc(-n2cc(-c3ccccc3C)nn2)cc1OC. The predicted octanol–water partition coefficient (Wildman–Crippen LogP) is 3.26. The largest absolute Gasteiger partial charge is 0.493 e. The first-order valence-electron chi connectivity index (χ1n) is 6.93. The lowest BCUT2D eigenvalue weighted by molar-refractivity contribution is 0.354. The Labute approximate surface area is 129 Å². The summed E-state index contributed by atoms with van der Waals surface area (Å²) in [7, 11) is 3.23. The van der Waals surface area contributed by atoms with Crippen LogP contribution in [0.4, 0.5) is 0 Å². The summed E-state index contributed by atoms with van der Waals surface area (Å²) in [5.41, 5.74) is 3.95. The van der Waals surface area contributed by atoms with E-state index in [1.807, 2.05) is 42.6 Å². The maximum absolute atomic E-state index is 5.32. The molecule has 3 rings (SSSR count). The molecule has 3 aromatic rings. The van der Waals surface area contributed by atoms with E-state index < -0.39 is 0 Å². The normalized spacial score (nSPS) is 10.5. The summed E-state index contributed by atoms with van der Waals surface area (Å²) < 4.78 is 12.3. The molecule has 0 radical (unpaired) electrons. The lowest BCUT2D eigenvalue weighted by Crippen LogP contribution is -1.97. The van der Waals surface area contributed by atoms with Crippen molar-refractivity contribution in [1.29, 1.82) is 0 Å². The number of methoxy groups -OCH3 is 2. The molecule has 1 aromatic heterocycles. The summed E-state index contributed by atoms with van der Waals surface area (Å²) in [6.07, 6.45) is 1.91. The van der Waals surface area contributed by atoms with E-state index in [1.54, 1.807) is 18.9 Å². The van der Waals surface area contributed by atoms with E-state index >= 15 is 0 Å². The van der Waals surface area contributed by atoms with Gasteiger partial charge in [0.15, 0.2) is 11.5 Å². The molecule has 0 spiro atoms. The Kier molecular flexibility index (Phi) is 3.78. The second kappa shape index (κ2) is 5.89. The van der Waals surface area contributed by atoms with E-state index in [-0.39, 0.29) is 0 Å². The highest BCUT2D eigenvalue weighted by Crippen LogP contribution is 2.29. The number of rotatable bonds is 4. The van der Waals surface area contributed by atoms with Crippen molar-refractivity contribution in [2.24, 2.45) is 0 Å². The van der Waals surface area contributed by atoms with Crippen LogP contribution in [0.25, 0.3) is 16.9 Å². The van der Waals surface area contributed by atoms with Gasteiger partial charge in [-0.3, -0.25) is 0 Å². The number of hydrogen-bond acceptors (Lipinski definition) is 4. The molecule has 0 N–H and O–H groups in total. The molecule has 0 aliphatic heterocycles. The second-order valence-electron chi connectivity index (χ2n) is 4.90. The van der Waals surface area contributed by atoms with E-state index in [0.29, 0.717) is 11.5 Å². The monoisotopic (exact) mass is 295 g/mol. The van der Waals surface area contributed by atoms with Gasteiger partial charge in [0, 0.05) is 11.6 Å². The summed E-state index contributed by atoms with van der Waals surface area (Å²) >= 11 is 0. The molecule has 0 saturated heterocycles. The highest BCUT2D eigenvalue weighted by molar-refractivity contribution is 5.62. The van der Waals surface area contributed by atoms with Crippen LogP contribution in [0.3, 0.4) is 0 Å². The molecule has 112 valence electrons. The Balaban J connectivity index is 1.99. The summed E-state index contributed by atoms with van der Waals surface area (Å²) in [4.78, 5) is 0. The average Bonchev–Trinajstić information content (AvgIpc) is 3.04. The van der Waals surface area contributed by atoms with E-state index in [4.69, 9.17) is 9.47 Å². The van der Waals surface area contributed by atoms with Gasteiger partial charge in [0.05, 0.1) is 26.1 Å². The zero-order chi connectivity index (χ0) is 15.5. The fourth-order valence-electron chi connectivity index (χ4n) is 2.34. The summed E-state index contributed by atoms with van der Waals surface area (Å²) in [6.45, 7) is 2.06. The molecule has 0 amide bonds. The number of aromatic nitrogens is 3. The van der Waals surface area contributed by atoms with Gasteiger partial charge in [0.25, 0.3) is 0 Å². The number of aryl methyl sites for hydroxylation is 1. The van der Waals surface area contributed by atoms with Crippen molar-refractivity contribution in [2.45, 2.75) is 6.92 Å². The van der Waals surface area contributed by atoms with Gasteiger partial charge in [-0.15, -0.1) is 5.10 Å². The first-order chi connectivity index (χ1) is 10.7. The first kappa shape index (κ1) is 14.1. The van der Waals surface area contributed by atoms with Crippen molar-refractivity contribution in [2.75, 3.05) is 14.2 Å². The zero-order valence-electron chi connectivity index (χ0n) is 12.8. The molecule has 0 fully saturated rings. The molecule has 0 unspecified atom stereocenters. The van der Waals surface area contributed by atoms with E-state index in [9.17, 15) is 0 Å². The van der Waals surface area contributed by atoms with Crippen molar-refractivity contribution in [3.8, 4) is 28.4 Å². The van der Waals surface area contributed by atoms with Gasteiger partial charge in [-0.25, -0.2) is 4.68 Å². The van der Waals surface area contributed by atoms with Gasteiger partial charge >= 0.3 is 0 Å². The minimum atomic E-state index is 0.660. The molecule has 0 aliphatic carbocycles. The molecule has 2 aromatic carbocycles.